The van der Waals surface area contributed by atoms with Crippen LogP contribution in [0.1, 0.15) is 19.4 Å². The maximum Gasteiger partial charge on any atom is 0.351 e. The molecule has 144 valence electrons. The zero-order valence-electron chi connectivity index (χ0n) is 15.6. The van der Waals surface area contributed by atoms with Crippen molar-refractivity contribution in [2.24, 2.45) is 0 Å². The van der Waals surface area contributed by atoms with Crippen molar-refractivity contribution in [2.75, 3.05) is 19.0 Å². The minimum atomic E-state index is -4.02. The Morgan fingerprint density at radius 3 is 2.19 bits per heavy atom. The van der Waals surface area contributed by atoms with E-state index in [4.69, 9.17) is 4.74 Å². The number of rotatable bonds is 8. The van der Waals surface area contributed by atoms with Gasteiger partial charge in [0.05, 0.1) is 18.6 Å². The van der Waals surface area contributed by atoms with Crippen molar-refractivity contribution in [3.8, 4) is 5.75 Å². The van der Waals surface area contributed by atoms with Crippen molar-refractivity contribution in [3.05, 3.63) is 65.2 Å². The van der Waals surface area contributed by atoms with Gasteiger partial charge < -0.3 is 14.8 Å². The number of esters is 1. The molecule has 0 aliphatic heterocycles. The maximum atomic E-state index is 12.9. The second-order valence-electron chi connectivity index (χ2n) is 5.60. The Kier molecular flexibility index (Phi) is 7.01. The Balaban J connectivity index is 2.32. The summed E-state index contributed by atoms with van der Waals surface area (Å²) in [7, 11) is -2.88. The van der Waals surface area contributed by atoms with Crippen molar-refractivity contribution in [2.45, 2.75) is 25.2 Å². The molecule has 0 aliphatic rings. The molecule has 7 heteroatoms. The third kappa shape index (κ3) is 5.10. The van der Waals surface area contributed by atoms with Gasteiger partial charge in [-0.1, -0.05) is 19.1 Å². The van der Waals surface area contributed by atoms with Gasteiger partial charge in [0.2, 0.25) is 9.84 Å². The molecule has 0 amide bonds. The lowest BCUT2D eigenvalue weighted by Gasteiger charge is -2.10. The van der Waals surface area contributed by atoms with Gasteiger partial charge in [0, 0.05) is 11.9 Å². The molecule has 0 atom stereocenters. The Bertz CT molecular complexity index is 900. The van der Waals surface area contributed by atoms with Crippen molar-refractivity contribution < 1.29 is 22.7 Å². The molecule has 1 N–H and O–H groups in total. The van der Waals surface area contributed by atoms with Gasteiger partial charge in [0.1, 0.15) is 5.75 Å². The van der Waals surface area contributed by atoms with E-state index in [0.717, 1.165) is 25.3 Å². The lowest BCUT2D eigenvalue weighted by atomic mass is 10.2. The van der Waals surface area contributed by atoms with Crippen molar-refractivity contribution >= 4 is 21.5 Å². The molecule has 0 aromatic heterocycles. The van der Waals surface area contributed by atoms with Crippen LogP contribution in [0.3, 0.4) is 0 Å². The Labute approximate surface area is 159 Å². The molecule has 0 saturated carbocycles. The molecule has 2 aromatic rings. The van der Waals surface area contributed by atoms with Crippen molar-refractivity contribution in [3.63, 3.8) is 0 Å². The van der Waals surface area contributed by atoms with Gasteiger partial charge in [-0.15, -0.1) is 0 Å². The predicted octanol–water partition coefficient (Wildman–Crippen LogP) is 3.55. The smallest absolute Gasteiger partial charge is 0.351 e. The minimum absolute atomic E-state index is 0.0323. The number of carbonyl (C=O) groups is 1. The van der Waals surface area contributed by atoms with E-state index >= 15 is 0 Å². The average Bonchev–Trinajstić information content (AvgIpc) is 2.69. The molecule has 6 nitrogen and oxygen atoms in total. The molecule has 0 fully saturated rings. The second-order valence-corrected chi connectivity index (χ2v) is 7.52. The first-order chi connectivity index (χ1) is 12.9. The van der Waals surface area contributed by atoms with E-state index < -0.39 is 20.7 Å². The summed E-state index contributed by atoms with van der Waals surface area (Å²) in [4.78, 5) is 11.6. The standard InChI is InChI=1S/C20H23NO5S/c1-4-15-6-12-18(13-7-15)27(23,24)19(20(22)25-3)14-21-16-8-10-17(11-9-16)26-5-2/h6-14,21H,4-5H2,1-3H3/b19-14-. The lowest BCUT2D eigenvalue weighted by molar-refractivity contribution is -0.135. The molecule has 0 unspecified atom stereocenters. The second kappa shape index (κ2) is 9.23. The monoisotopic (exact) mass is 389 g/mol. The number of hydrogen-bond acceptors (Lipinski definition) is 6. The largest absolute Gasteiger partial charge is 0.494 e. The zero-order chi connectivity index (χ0) is 19.9. The fourth-order valence-electron chi connectivity index (χ4n) is 2.34. The summed E-state index contributed by atoms with van der Waals surface area (Å²) in [5, 5.41) is 2.83. The summed E-state index contributed by atoms with van der Waals surface area (Å²) in [6.07, 6.45) is 1.93. The molecule has 0 saturated heterocycles. The van der Waals surface area contributed by atoms with Gasteiger partial charge in [-0.25, -0.2) is 13.2 Å². The highest BCUT2D eigenvalue weighted by molar-refractivity contribution is 7.96. The molecule has 0 radical (unpaired) electrons. The van der Waals surface area contributed by atoms with Crippen LogP contribution in [-0.4, -0.2) is 28.1 Å². The molecule has 0 heterocycles. The summed E-state index contributed by atoms with van der Waals surface area (Å²) >= 11 is 0. The van der Waals surface area contributed by atoms with E-state index in [0.29, 0.717) is 18.0 Å². The predicted molar refractivity (Wildman–Crippen MR) is 104 cm³/mol. The van der Waals surface area contributed by atoms with E-state index in [1.54, 1.807) is 36.4 Å². The quantitative estimate of drug-likeness (QED) is 0.549. The summed E-state index contributed by atoms with van der Waals surface area (Å²) < 4.78 is 35.7. The molecule has 0 spiro atoms. The van der Waals surface area contributed by atoms with Gasteiger partial charge >= 0.3 is 5.97 Å². The minimum Gasteiger partial charge on any atom is -0.494 e. The molecule has 0 bridgehead atoms. The average molecular weight is 389 g/mol. The van der Waals surface area contributed by atoms with Gasteiger partial charge in [-0.05, 0) is 55.3 Å². The van der Waals surface area contributed by atoms with Crippen LogP contribution < -0.4 is 10.1 Å². The van der Waals surface area contributed by atoms with E-state index in [1.807, 2.05) is 13.8 Å². The highest BCUT2D eigenvalue weighted by atomic mass is 32.2. The first kappa shape index (κ1) is 20.5. The zero-order valence-corrected chi connectivity index (χ0v) is 16.4. The van der Waals surface area contributed by atoms with Gasteiger partial charge in [-0.3, -0.25) is 0 Å². The van der Waals surface area contributed by atoms with Crippen LogP contribution in [0.15, 0.2) is 64.5 Å². The third-order valence-corrected chi connectivity index (χ3v) is 5.61. The van der Waals surface area contributed by atoms with Crippen molar-refractivity contribution in [1.29, 1.82) is 0 Å². The van der Waals surface area contributed by atoms with Crippen LogP contribution in [0.25, 0.3) is 0 Å². The number of aryl methyl sites for hydroxylation is 1. The topological polar surface area (TPSA) is 81.7 Å². The number of sulfone groups is 1. The summed E-state index contributed by atoms with van der Waals surface area (Å²) in [5.74, 6) is -0.239. The Morgan fingerprint density at radius 2 is 1.67 bits per heavy atom. The van der Waals surface area contributed by atoms with E-state index in [2.05, 4.69) is 10.1 Å². The molecular weight excluding hydrogens is 366 g/mol. The molecule has 27 heavy (non-hydrogen) atoms. The Hall–Kier alpha value is -2.80. The molecule has 0 aliphatic carbocycles. The van der Waals surface area contributed by atoms with Crippen LogP contribution in [-0.2, 0) is 25.8 Å². The molecule has 2 aromatic carbocycles. The molecule has 2 rings (SSSR count). The number of anilines is 1. The maximum absolute atomic E-state index is 12.9. The summed E-state index contributed by atoms with van der Waals surface area (Å²) in [6, 6.07) is 13.4. The fraction of sp³-hybridized carbons (Fsp3) is 0.250. The van der Waals surface area contributed by atoms with Crippen LogP contribution in [0, 0.1) is 0 Å². The fourth-order valence-corrected chi connectivity index (χ4v) is 3.61. The normalized spacial score (nSPS) is 11.7. The number of benzene rings is 2. The lowest BCUT2D eigenvalue weighted by Crippen LogP contribution is -2.17. The number of hydrogen-bond donors (Lipinski definition) is 1. The molecular formula is C20H23NO5S. The van der Waals surface area contributed by atoms with Gasteiger partial charge in [0.15, 0.2) is 4.91 Å². The Morgan fingerprint density at radius 1 is 1.04 bits per heavy atom. The first-order valence-electron chi connectivity index (χ1n) is 8.54. The van der Waals surface area contributed by atoms with E-state index in [1.165, 1.54) is 12.1 Å². The van der Waals surface area contributed by atoms with E-state index in [9.17, 15) is 13.2 Å². The number of carbonyl (C=O) groups excluding carboxylic acids is 1. The van der Waals surface area contributed by atoms with E-state index in [-0.39, 0.29) is 4.90 Å². The third-order valence-electron chi connectivity index (χ3n) is 3.85. The summed E-state index contributed by atoms with van der Waals surface area (Å²) in [5.41, 5.74) is 1.61. The van der Waals surface area contributed by atoms with Crippen LogP contribution in [0.4, 0.5) is 5.69 Å². The van der Waals surface area contributed by atoms with Crippen LogP contribution in [0.2, 0.25) is 0 Å². The number of methoxy groups -OCH3 is 1. The highest BCUT2D eigenvalue weighted by Gasteiger charge is 2.28. The van der Waals surface area contributed by atoms with Crippen LogP contribution >= 0.6 is 0 Å². The van der Waals surface area contributed by atoms with Crippen LogP contribution in [0.5, 0.6) is 5.75 Å². The number of ether oxygens (including phenoxy) is 2. The highest BCUT2D eigenvalue weighted by Crippen LogP contribution is 2.22. The van der Waals surface area contributed by atoms with Gasteiger partial charge in [0.25, 0.3) is 0 Å². The SMILES string of the molecule is CCOc1ccc(N/C=C(/C(=O)OC)S(=O)(=O)c2ccc(CC)cc2)cc1. The first-order valence-corrected chi connectivity index (χ1v) is 10.0. The number of nitrogens with one attached hydrogen (secondary N) is 1. The van der Waals surface area contributed by atoms with Crippen molar-refractivity contribution in [1.82, 2.24) is 0 Å². The summed E-state index contributed by atoms with van der Waals surface area (Å²) in [6.45, 7) is 4.41. The van der Waals surface area contributed by atoms with Gasteiger partial charge in [-0.2, -0.15) is 0 Å².